The molecule has 0 unspecified atom stereocenters. The maximum absolute atomic E-state index is 9.38. The molecule has 2 atom stereocenters. The van der Waals surface area contributed by atoms with Crippen LogP contribution in [0.5, 0.6) is 0 Å². The first-order chi connectivity index (χ1) is 13.0. The molecule has 0 N–H and O–H groups in total. The number of benzene rings is 1. The van der Waals surface area contributed by atoms with E-state index in [2.05, 4.69) is 58.2 Å². The third-order valence-corrected chi connectivity index (χ3v) is 5.69. The molecule has 2 aliphatic heterocycles. The largest absolute Gasteiger partial charge is 0.298 e. The van der Waals surface area contributed by atoms with Gasteiger partial charge in [0, 0.05) is 25.7 Å². The van der Waals surface area contributed by atoms with E-state index >= 15 is 0 Å². The Kier molecular flexibility index (Phi) is 4.70. The fourth-order valence-corrected chi connectivity index (χ4v) is 4.39. The summed E-state index contributed by atoms with van der Waals surface area (Å²) in [5.74, 6) is 0.851. The predicted octanol–water partition coefficient (Wildman–Crippen LogP) is 2.17. The first kappa shape index (κ1) is 18.1. The number of aromatic nitrogens is 4. The Morgan fingerprint density at radius 2 is 2.07 bits per heavy atom. The average molecular weight is 365 g/mol. The third-order valence-electron chi connectivity index (χ3n) is 5.69. The molecule has 7 heteroatoms. The van der Waals surface area contributed by atoms with Gasteiger partial charge in [-0.2, -0.15) is 5.26 Å². The van der Waals surface area contributed by atoms with Crippen LogP contribution >= 0.6 is 0 Å². The van der Waals surface area contributed by atoms with E-state index in [1.54, 1.807) is 0 Å². The van der Waals surface area contributed by atoms with Crippen molar-refractivity contribution >= 4 is 0 Å². The van der Waals surface area contributed by atoms with Crippen LogP contribution in [-0.2, 0) is 5.54 Å². The highest BCUT2D eigenvalue weighted by molar-refractivity contribution is 5.36. The molecule has 0 saturated carbocycles. The zero-order valence-electron chi connectivity index (χ0n) is 16.3. The summed E-state index contributed by atoms with van der Waals surface area (Å²) >= 11 is 0. The summed E-state index contributed by atoms with van der Waals surface area (Å²) in [6, 6.07) is 10.7. The van der Waals surface area contributed by atoms with Crippen molar-refractivity contribution in [2.45, 2.75) is 51.2 Å². The molecule has 27 heavy (non-hydrogen) atoms. The molecular weight excluding hydrogens is 338 g/mol. The van der Waals surface area contributed by atoms with Crippen molar-refractivity contribution in [2.75, 3.05) is 26.2 Å². The number of piperazine rings is 1. The van der Waals surface area contributed by atoms with E-state index in [-0.39, 0.29) is 11.6 Å². The Morgan fingerprint density at radius 3 is 2.85 bits per heavy atom. The summed E-state index contributed by atoms with van der Waals surface area (Å²) < 4.78 is 1.93. The summed E-state index contributed by atoms with van der Waals surface area (Å²) in [6.07, 6.45) is 2.54. The summed E-state index contributed by atoms with van der Waals surface area (Å²) in [5.41, 5.74) is 1.55. The lowest BCUT2D eigenvalue weighted by atomic mass is 9.99. The molecule has 142 valence electrons. The summed E-state index contributed by atoms with van der Waals surface area (Å²) in [4.78, 5) is 5.10. The summed E-state index contributed by atoms with van der Waals surface area (Å²) in [5, 5.41) is 22.1. The fourth-order valence-electron chi connectivity index (χ4n) is 4.39. The van der Waals surface area contributed by atoms with Crippen LogP contribution in [0.15, 0.2) is 24.3 Å². The van der Waals surface area contributed by atoms with Gasteiger partial charge in [-0.1, -0.05) is 12.1 Å². The molecule has 0 amide bonds. The summed E-state index contributed by atoms with van der Waals surface area (Å²) in [6.45, 7) is 10.6. The van der Waals surface area contributed by atoms with Crippen LogP contribution in [0.1, 0.15) is 56.6 Å². The first-order valence-electron chi connectivity index (χ1n) is 9.74. The molecule has 0 radical (unpaired) electrons. The van der Waals surface area contributed by atoms with E-state index in [0.29, 0.717) is 11.6 Å². The van der Waals surface area contributed by atoms with Crippen LogP contribution in [-0.4, -0.2) is 62.2 Å². The zero-order chi connectivity index (χ0) is 19.0. The molecule has 2 aromatic rings. The highest BCUT2D eigenvalue weighted by atomic mass is 15.6. The van der Waals surface area contributed by atoms with Gasteiger partial charge in [-0.3, -0.25) is 9.80 Å². The molecule has 7 nitrogen and oxygen atoms in total. The monoisotopic (exact) mass is 365 g/mol. The van der Waals surface area contributed by atoms with Crippen LogP contribution in [0.2, 0.25) is 0 Å². The van der Waals surface area contributed by atoms with Gasteiger partial charge < -0.3 is 0 Å². The van der Waals surface area contributed by atoms with Crippen LogP contribution in [0.4, 0.5) is 0 Å². The quantitative estimate of drug-likeness (QED) is 0.830. The Labute approximate surface area is 160 Å². The van der Waals surface area contributed by atoms with Crippen LogP contribution in [0.3, 0.4) is 0 Å². The molecule has 2 fully saturated rings. The van der Waals surface area contributed by atoms with Crippen LogP contribution in [0, 0.1) is 11.3 Å². The topological polar surface area (TPSA) is 73.9 Å². The van der Waals surface area contributed by atoms with Gasteiger partial charge in [0.1, 0.15) is 0 Å². The first-order valence-corrected chi connectivity index (χ1v) is 9.74. The van der Waals surface area contributed by atoms with Crippen LogP contribution in [0.25, 0.3) is 0 Å². The minimum atomic E-state index is -0.209. The van der Waals surface area contributed by atoms with E-state index < -0.39 is 0 Å². The standard InChI is InChI=1S/C20H27N7/c1-20(2,3)27-19(22-23-24-27)18(16-7-4-6-15(12-16)13-21)26-11-10-25-9-5-8-17(25)14-26/h4,6-7,12,17-18H,5,8-11,14H2,1-3H3/t17-,18+/m0/s1. The van der Waals surface area contributed by atoms with Gasteiger partial charge in [0.05, 0.1) is 23.2 Å². The van der Waals surface area contributed by atoms with Crippen molar-refractivity contribution in [2.24, 2.45) is 0 Å². The molecule has 4 rings (SSSR count). The average Bonchev–Trinajstić information content (AvgIpc) is 3.31. The normalized spacial score (nSPS) is 22.4. The minimum absolute atomic E-state index is 0.0460. The number of nitrogens with zero attached hydrogens (tertiary/aromatic N) is 7. The Morgan fingerprint density at radius 1 is 1.22 bits per heavy atom. The summed E-state index contributed by atoms with van der Waals surface area (Å²) in [7, 11) is 0. The van der Waals surface area contributed by atoms with Gasteiger partial charge in [0.2, 0.25) is 0 Å². The minimum Gasteiger partial charge on any atom is -0.298 e. The van der Waals surface area contributed by atoms with Gasteiger partial charge in [-0.05, 0) is 68.3 Å². The second-order valence-corrected chi connectivity index (χ2v) is 8.59. The van der Waals surface area contributed by atoms with Crippen molar-refractivity contribution in [1.29, 1.82) is 5.26 Å². The molecule has 0 bridgehead atoms. The van der Waals surface area contributed by atoms with Gasteiger partial charge in [-0.15, -0.1) is 5.10 Å². The van der Waals surface area contributed by atoms with Crippen molar-refractivity contribution in [3.05, 3.63) is 41.2 Å². The SMILES string of the molecule is CC(C)(C)n1nnnc1[C@@H](c1cccc(C#N)c1)N1CCN2CCC[C@H]2C1. The fraction of sp³-hybridized carbons (Fsp3) is 0.600. The molecular formula is C20H27N7. The van der Waals surface area contributed by atoms with Gasteiger partial charge >= 0.3 is 0 Å². The van der Waals surface area contributed by atoms with Gasteiger partial charge in [-0.25, -0.2) is 4.68 Å². The Balaban J connectivity index is 1.76. The van der Waals surface area contributed by atoms with E-state index in [1.165, 1.54) is 19.4 Å². The molecule has 2 aliphatic rings. The lowest BCUT2D eigenvalue weighted by Crippen LogP contribution is -2.51. The smallest absolute Gasteiger partial charge is 0.173 e. The predicted molar refractivity (Wildman–Crippen MR) is 102 cm³/mol. The molecule has 3 heterocycles. The third kappa shape index (κ3) is 3.47. The maximum Gasteiger partial charge on any atom is 0.173 e. The van der Waals surface area contributed by atoms with E-state index in [9.17, 15) is 5.26 Å². The molecule has 1 aromatic heterocycles. The Hall–Kier alpha value is -2.30. The second kappa shape index (κ2) is 7.02. The number of nitriles is 1. The number of fused-ring (bicyclic) bond motifs is 1. The highest BCUT2D eigenvalue weighted by Gasteiger charge is 2.37. The number of rotatable bonds is 3. The van der Waals surface area contributed by atoms with Crippen molar-refractivity contribution in [1.82, 2.24) is 30.0 Å². The molecule has 0 spiro atoms. The van der Waals surface area contributed by atoms with E-state index in [4.69, 9.17) is 0 Å². The van der Waals surface area contributed by atoms with E-state index in [0.717, 1.165) is 31.0 Å². The van der Waals surface area contributed by atoms with Crippen molar-refractivity contribution in [3.63, 3.8) is 0 Å². The van der Waals surface area contributed by atoms with Gasteiger partial charge in [0.25, 0.3) is 0 Å². The van der Waals surface area contributed by atoms with Crippen molar-refractivity contribution < 1.29 is 0 Å². The van der Waals surface area contributed by atoms with Crippen molar-refractivity contribution in [3.8, 4) is 6.07 Å². The lowest BCUT2D eigenvalue weighted by Gasteiger charge is -2.41. The molecule has 2 saturated heterocycles. The van der Waals surface area contributed by atoms with Gasteiger partial charge in [0.15, 0.2) is 5.82 Å². The Bertz CT molecular complexity index is 845. The highest BCUT2D eigenvalue weighted by Crippen LogP contribution is 2.33. The zero-order valence-corrected chi connectivity index (χ0v) is 16.3. The molecule has 1 aromatic carbocycles. The number of hydrogen-bond acceptors (Lipinski definition) is 6. The second-order valence-electron chi connectivity index (χ2n) is 8.59. The maximum atomic E-state index is 9.38. The van der Waals surface area contributed by atoms with Crippen LogP contribution < -0.4 is 0 Å². The number of tetrazole rings is 1. The van der Waals surface area contributed by atoms with E-state index in [1.807, 2.05) is 22.9 Å². The molecule has 0 aliphatic carbocycles. The number of hydrogen-bond donors (Lipinski definition) is 0. The lowest BCUT2D eigenvalue weighted by molar-refractivity contribution is 0.0776.